The molecule has 2 N–H and O–H groups in total. The largest absolute Gasteiger partial charge is 0.334 e. The van der Waals surface area contributed by atoms with Gasteiger partial charge in [-0.2, -0.15) is 4.98 Å². The summed E-state index contributed by atoms with van der Waals surface area (Å²) >= 11 is 3.15. The van der Waals surface area contributed by atoms with Crippen LogP contribution in [0.1, 0.15) is 25.2 Å². The average Bonchev–Trinajstić information content (AvgIpc) is 2.81. The van der Waals surface area contributed by atoms with E-state index in [0.717, 1.165) is 0 Å². The van der Waals surface area contributed by atoms with Crippen LogP contribution in [0, 0.1) is 5.82 Å². The average molecular weight is 300 g/mol. The Hall–Kier alpha value is -1.27. The number of nitrogens with zero attached hydrogens (tertiary/aromatic N) is 2. The Morgan fingerprint density at radius 3 is 3.00 bits per heavy atom. The van der Waals surface area contributed by atoms with Crippen molar-refractivity contribution in [3.05, 3.63) is 34.3 Å². The zero-order valence-electron chi connectivity index (χ0n) is 9.15. The molecule has 2 rings (SSSR count). The summed E-state index contributed by atoms with van der Waals surface area (Å²) in [6, 6.07) is 4.36. The van der Waals surface area contributed by atoms with Gasteiger partial charge in [0.15, 0.2) is 5.82 Å². The highest BCUT2D eigenvalue weighted by Crippen LogP contribution is 2.29. The van der Waals surface area contributed by atoms with Crippen molar-refractivity contribution in [2.75, 3.05) is 0 Å². The Labute approximate surface area is 106 Å². The molecule has 1 aromatic carbocycles. The van der Waals surface area contributed by atoms with Crippen LogP contribution in [0.25, 0.3) is 11.5 Å². The SMILES string of the molecule is CCC(N)c1noc(-c2cccc(F)c2Br)n1. The Morgan fingerprint density at radius 2 is 2.29 bits per heavy atom. The molecule has 2 aromatic rings. The van der Waals surface area contributed by atoms with Crippen LogP contribution in [0.2, 0.25) is 0 Å². The Morgan fingerprint density at radius 1 is 1.53 bits per heavy atom. The zero-order valence-corrected chi connectivity index (χ0v) is 10.7. The maximum Gasteiger partial charge on any atom is 0.259 e. The highest BCUT2D eigenvalue weighted by molar-refractivity contribution is 9.10. The molecule has 1 atom stereocenters. The smallest absolute Gasteiger partial charge is 0.259 e. The van der Waals surface area contributed by atoms with Crippen LogP contribution in [-0.2, 0) is 0 Å². The van der Waals surface area contributed by atoms with Crippen LogP contribution in [0.4, 0.5) is 4.39 Å². The molecule has 0 aliphatic carbocycles. The van der Waals surface area contributed by atoms with Gasteiger partial charge in [-0.25, -0.2) is 4.39 Å². The van der Waals surface area contributed by atoms with Gasteiger partial charge >= 0.3 is 0 Å². The van der Waals surface area contributed by atoms with Crippen molar-refractivity contribution in [3.8, 4) is 11.5 Å². The number of halogens is 2. The van der Waals surface area contributed by atoms with Crippen LogP contribution >= 0.6 is 15.9 Å². The van der Waals surface area contributed by atoms with Gasteiger partial charge in [0.25, 0.3) is 5.89 Å². The van der Waals surface area contributed by atoms with Crippen molar-refractivity contribution in [1.82, 2.24) is 10.1 Å². The molecule has 6 heteroatoms. The molecule has 17 heavy (non-hydrogen) atoms. The second-order valence-corrected chi connectivity index (χ2v) is 4.37. The van der Waals surface area contributed by atoms with Crippen molar-refractivity contribution < 1.29 is 8.91 Å². The molecule has 1 heterocycles. The quantitative estimate of drug-likeness (QED) is 0.946. The topological polar surface area (TPSA) is 64.9 Å². The normalized spacial score (nSPS) is 12.7. The monoisotopic (exact) mass is 299 g/mol. The second-order valence-electron chi connectivity index (χ2n) is 3.57. The maximum absolute atomic E-state index is 13.3. The van der Waals surface area contributed by atoms with Crippen LogP contribution in [-0.4, -0.2) is 10.1 Å². The summed E-state index contributed by atoms with van der Waals surface area (Å²) in [7, 11) is 0. The fraction of sp³-hybridized carbons (Fsp3) is 0.273. The van der Waals surface area contributed by atoms with Crippen LogP contribution in [0.3, 0.4) is 0 Å². The van der Waals surface area contributed by atoms with Crippen molar-refractivity contribution >= 4 is 15.9 Å². The molecule has 0 radical (unpaired) electrons. The molecule has 0 fully saturated rings. The van der Waals surface area contributed by atoms with Crippen molar-refractivity contribution in [1.29, 1.82) is 0 Å². The minimum atomic E-state index is -0.373. The first kappa shape index (κ1) is 12.2. The summed E-state index contributed by atoms with van der Waals surface area (Å²) in [6.07, 6.45) is 0.712. The van der Waals surface area contributed by atoms with E-state index >= 15 is 0 Å². The van der Waals surface area contributed by atoms with E-state index in [-0.39, 0.29) is 17.7 Å². The lowest BCUT2D eigenvalue weighted by Gasteiger charge is -2.00. The van der Waals surface area contributed by atoms with Gasteiger partial charge < -0.3 is 10.3 Å². The minimum absolute atomic E-state index is 0.260. The first-order valence-corrected chi connectivity index (χ1v) is 5.96. The van der Waals surface area contributed by atoms with Gasteiger partial charge in [-0.05, 0) is 34.5 Å². The predicted octanol–water partition coefficient (Wildman–Crippen LogP) is 3.05. The maximum atomic E-state index is 13.3. The van der Waals surface area contributed by atoms with E-state index in [1.54, 1.807) is 12.1 Å². The summed E-state index contributed by atoms with van der Waals surface area (Å²) in [4.78, 5) is 4.15. The molecule has 4 nitrogen and oxygen atoms in total. The Bertz CT molecular complexity index is 529. The lowest BCUT2D eigenvalue weighted by atomic mass is 10.2. The molecular formula is C11H11BrFN3O. The lowest BCUT2D eigenvalue weighted by Crippen LogP contribution is -2.10. The Kier molecular flexibility index (Phi) is 3.54. The van der Waals surface area contributed by atoms with Crippen molar-refractivity contribution in [3.63, 3.8) is 0 Å². The number of benzene rings is 1. The van der Waals surface area contributed by atoms with Gasteiger partial charge in [-0.15, -0.1) is 0 Å². The van der Waals surface area contributed by atoms with Crippen LogP contribution in [0.15, 0.2) is 27.2 Å². The fourth-order valence-corrected chi connectivity index (χ4v) is 1.78. The first-order valence-electron chi connectivity index (χ1n) is 5.17. The third-order valence-corrected chi connectivity index (χ3v) is 3.20. The molecule has 0 bridgehead atoms. The van der Waals surface area contributed by atoms with Crippen molar-refractivity contribution in [2.45, 2.75) is 19.4 Å². The molecule has 1 unspecified atom stereocenters. The zero-order chi connectivity index (χ0) is 12.4. The van der Waals surface area contributed by atoms with Gasteiger partial charge in [0, 0.05) is 0 Å². The number of hydrogen-bond donors (Lipinski definition) is 1. The molecule has 0 saturated carbocycles. The number of nitrogens with two attached hydrogens (primary N) is 1. The number of aromatic nitrogens is 2. The summed E-state index contributed by atoms with van der Waals surface area (Å²) < 4.78 is 18.7. The minimum Gasteiger partial charge on any atom is -0.334 e. The van der Waals surface area contributed by atoms with E-state index in [1.165, 1.54) is 6.07 Å². The molecular weight excluding hydrogens is 289 g/mol. The summed E-state index contributed by atoms with van der Waals surface area (Å²) in [5, 5.41) is 3.78. The summed E-state index contributed by atoms with van der Waals surface area (Å²) in [5.74, 6) is 0.316. The van der Waals surface area contributed by atoms with E-state index in [9.17, 15) is 4.39 Å². The highest BCUT2D eigenvalue weighted by Gasteiger charge is 2.16. The number of rotatable bonds is 3. The van der Waals surface area contributed by atoms with Gasteiger partial charge in [0.05, 0.1) is 16.1 Å². The van der Waals surface area contributed by atoms with Gasteiger partial charge in [-0.3, -0.25) is 0 Å². The molecule has 0 aliphatic heterocycles. The van der Waals surface area contributed by atoms with Crippen molar-refractivity contribution in [2.24, 2.45) is 5.73 Å². The first-order chi connectivity index (χ1) is 8.13. The van der Waals surface area contributed by atoms with Gasteiger partial charge in [0.1, 0.15) is 5.82 Å². The van der Waals surface area contributed by atoms with Gasteiger partial charge in [-0.1, -0.05) is 18.1 Å². The molecule has 0 spiro atoms. The second kappa shape index (κ2) is 4.93. The molecule has 0 saturated heterocycles. The van der Waals surface area contributed by atoms with E-state index in [4.69, 9.17) is 10.3 Å². The summed E-state index contributed by atoms with van der Waals surface area (Å²) in [6.45, 7) is 1.93. The van der Waals surface area contributed by atoms with Gasteiger partial charge in [0.2, 0.25) is 0 Å². The van der Waals surface area contributed by atoms with Crippen LogP contribution in [0.5, 0.6) is 0 Å². The third kappa shape index (κ3) is 2.37. The van der Waals surface area contributed by atoms with E-state index in [1.807, 2.05) is 6.92 Å². The fourth-order valence-electron chi connectivity index (χ4n) is 1.35. The molecule has 90 valence electrons. The van der Waals surface area contributed by atoms with E-state index < -0.39 is 0 Å². The van der Waals surface area contributed by atoms with E-state index in [0.29, 0.717) is 22.3 Å². The summed E-state index contributed by atoms with van der Waals surface area (Å²) in [5.41, 5.74) is 6.30. The molecule has 0 amide bonds. The lowest BCUT2D eigenvalue weighted by molar-refractivity contribution is 0.414. The molecule has 1 aromatic heterocycles. The highest BCUT2D eigenvalue weighted by atomic mass is 79.9. The van der Waals surface area contributed by atoms with E-state index in [2.05, 4.69) is 26.1 Å². The van der Waals surface area contributed by atoms with Crippen LogP contribution < -0.4 is 5.73 Å². The third-order valence-electron chi connectivity index (χ3n) is 2.40. The predicted molar refractivity (Wildman–Crippen MR) is 64.6 cm³/mol. The number of hydrogen-bond acceptors (Lipinski definition) is 4. The molecule has 0 aliphatic rings. The standard InChI is InChI=1S/C11H11BrFN3O/c1-2-8(14)10-15-11(17-16-10)6-4-3-5-7(13)9(6)12/h3-5,8H,2,14H2,1H3. The Balaban J connectivity index is 2.40.